The Morgan fingerprint density at radius 2 is 1.83 bits per heavy atom. The Hall–Kier alpha value is -2.10. The van der Waals surface area contributed by atoms with Crippen molar-refractivity contribution in [3.05, 3.63) is 35.4 Å². The van der Waals surface area contributed by atoms with E-state index in [-0.39, 0.29) is 0 Å². The van der Waals surface area contributed by atoms with Crippen molar-refractivity contribution in [2.75, 3.05) is 31.1 Å². The molecule has 0 unspecified atom stereocenters. The van der Waals surface area contributed by atoms with E-state index >= 15 is 0 Å². The first kappa shape index (κ1) is 14.5. The number of benzene rings is 1. The topological polar surface area (TPSA) is 36.4 Å². The number of hydrogen-bond acceptors (Lipinski definition) is 3. The molecular weight excluding hydrogens is 286 g/mol. The molecule has 2 aliphatic rings. The molecule has 120 valence electrons. The van der Waals surface area contributed by atoms with Crippen LogP contribution in [0.5, 0.6) is 0 Å². The molecule has 4 rings (SSSR count). The van der Waals surface area contributed by atoms with Crippen LogP contribution in [0, 0.1) is 19.8 Å². The lowest BCUT2D eigenvalue weighted by Crippen LogP contribution is -2.49. The summed E-state index contributed by atoms with van der Waals surface area (Å²) < 4.78 is 0. The monoisotopic (exact) mass is 309 g/mol. The van der Waals surface area contributed by atoms with Crippen molar-refractivity contribution in [1.29, 1.82) is 0 Å². The number of piperazine rings is 1. The third kappa shape index (κ3) is 2.67. The first-order valence-electron chi connectivity index (χ1n) is 8.54. The molecular formula is C19H23N3O. The van der Waals surface area contributed by atoms with E-state index in [2.05, 4.69) is 43.0 Å². The van der Waals surface area contributed by atoms with E-state index in [4.69, 9.17) is 4.98 Å². The van der Waals surface area contributed by atoms with Crippen LogP contribution in [0.3, 0.4) is 0 Å². The first-order valence-corrected chi connectivity index (χ1v) is 8.54. The van der Waals surface area contributed by atoms with Gasteiger partial charge < -0.3 is 9.80 Å². The molecule has 0 spiro atoms. The molecule has 4 heteroatoms. The summed E-state index contributed by atoms with van der Waals surface area (Å²) in [5, 5.41) is 1.23. The molecule has 1 saturated heterocycles. The molecule has 23 heavy (non-hydrogen) atoms. The number of fused-ring (bicyclic) bond motifs is 1. The molecule has 2 aromatic rings. The molecule has 1 aromatic carbocycles. The SMILES string of the molecule is Cc1cc(N2CCN(C(=O)C3CC3)CC2)nc2c(C)cccc12. The summed E-state index contributed by atoms with van der Waals surface area (Å²) in [6.07, 6.45) is 2.17. The zero-order valence-electron chi connectivity index (χ0n) is 13.9. The normalized spacial score (nSPS) is 18.5. The van der Waals surface area contributed by atoms with Crippen molar-refractivity contribution in [2.45, 2.75) is 26.7 Å². The third-order valence-electron chi connectivity index (χ3n) is 5.08. The lowest BCUT2D eigenvalue weighted by Gasteiger charge is -2.35. The zero-order chi connectivity index (χ0) is 16.0. The number of nitrogens with zero attached hydrogens (tertiary/aromatic N) is 3. The van der Waals surface area contributed by atoms with Crippen molar-refractivity contribution in [1.82, 2.24) is 9.88 Å². The van der Waals surface area contributed by atoms with Crippen LogP contribution < -0.4 is 4.90 Å². The third-order valence-corrected chi connectivity index (χ3v) is 5.08. The number of aryl methyl sites for hydroxylation is 2. The van der Waals surface area contributed by atoms with Crippen LogP contribution in [0.1, 0.15) is 24.0 Å². The minimum atomic E-state index is 0.324. The number of rotatable bonds is 2. The van der Waals surface area contributed by atoms with Crippen LogP contribution in [0.15, 0.2) is 24.3 Å². The summed E-state index contributed by atoms with van der Waals surface area (Å²) in [7, 11) is 0. The highest BCUT2D eigenvalue weighted by molar-refractivity contribution is 5.86. The van der Waals surface area contributed by atoms with E-state index in [9.17, 15) is 4.79 Å². The molecule has 1 aliphatic heterocycles. The van der Waals surface area contributed by atoms with E-state index in [0.717, 1.165) is 50.4 Å². The van der Waals surface area contributed by atoms with E-state index in [1.54, 1.807) is 0 Å². The molecule has 0 N–H and O–H groups in total. The maximum absolute atomic E-state index is 12.2. The van der Waals surface area contributed by atoms with E-state index in [0.29, 0.717) is 11.8 Å². The highest BCUT2D eigenvalue weighted by Gasteiger charge is 2.34. The molecule has 4 nitrogen and oxygen atoms in total. The van der Waals surface area contributed by atoms with Crippen molar-refractivity contribution in [3.8, 4) is 0 Å². The quantitative estimate of drug-likeness (QED) is 0.856. The first-order chi connectivity index (χ1) is 11.1. The highest BCUT2D eigenvalue weighted by Crippen LogP contribution is 2.31. The summed E-state index contributed by atoms with van der Waals surface area (Å²) in [6, 6.07) is 8.53. The Morgan fingerprint density at radius 1 is 1.09 bits per heavy atom. The molecule has 1 saturated carbocycles. The molecule has 2 fully saturated rings. The number of para-hydroxylation sites is 1. The largest absolute Gasteiger partial charge is 0.353 e. The molecule has 2 heterocycles. The molecule has 0 atom stereocenters. The Kier molecular flexibility index (Phi) is 3.47. The van der Waals surface area contributed by atoms with Gasteiger partial charge in [-0.1, -0.05) is 18.2 Å². The summed E-state index contributed by atoms with van der Waals surface area (Å²) >= 11 is 0. The predicted molar refractivity (Wildman–Crippen MR) is 92.7 cm³/mol. The Morgan fingerprint density at radius 3 is 2.52 bits per heavy atom. The van der Waals surface area contributed by atoms with Gasteiger partial charge in [-0.25, -0.2) is 4.98 Å². The number of anilines is 1. The number of pyridine rings is 1. The standard InChI is InChI=1S/C19H23N3O/c1-13-4-3-5-16-14(2)12-17(20-18(13)16)21-8-10-22(11-9-21)19(23)15-6-7-15/h3-5,12,15H,6-11H2,1-2H3. The van der Waals surface area contributed by atoms with Gasteiger partial charge in [0.2, 0.25) is 5.91 Å². The van der Waals surface area contributed by atoms with Gasteiger partial charge in [-0.05, 0) is 43.9 Å². The molecule has 0 radical (unpaired) electrons. The molecule has 1 amide bonds. The Bertz CT molecular complexity index is 759. The maximum Gasteiger partial charge on any atom is 0.225 e. The van der Waals surface area contributed by atoms with Crippen LogP contribution in [0.4, 0.5) is 5.82 Å². The number of carbonyl (C=O) groups excluding carboxylic acids is 1. The second-order valence-corrected chi connectivity index (χ2v) is 6.86. The number of amides is 1. The van der Waals surface area contributed by atoms with Gasteiger partial charge in [0.1, 0.15) is 5.82 Å². The van der Waals surface area contributed by atoms with Gasteiger partial charge in [0.15, 0.2) is 0 Å². The Labute approximate surface area is 137 Å². The molecule has 1 aromatic heterocycles. The van der Waals surface area contributed by atoms with Crippen LogP contribution in [-0.4, -0.2) is 42.0 Å². The van der Waals surface area contributed by atoms with E-state index in [1.807, 2.05) is 4.90 Å². The summed E-state index contributed by atoms with van der Waals surface area (Å²) in [5.41, 5.74) is 3.58. The fourth-order valence-electron chi connectivity index (χ4n) is 3.45. The summed E-state index contributed by atoms with van der Waals surface area (Å²) in [5.74, 6) is 1.73. The van der Waals surface area contributed by atoms with Gasteiger partial charge in [0, 0.05) is 37.5 Å². The van der Waals surface area contributed by atoms with Gasteiger partial charge >= 0.3 is 0 Å². The average molecular weight is 309 g/mol. The van der Waals surface area contributed by atoms with Gasteiger partial charge in [-0.3, -0.25) is 4.79 Å². The van der Waals surface area contributed by atoms with Crippen LogP contribution in [0.2, 0.25) is 0 Å². The Balaban J connectivity index is 1.56. The minimum Gasteiger partial charge on any atom is -0.353 e. The molecule has 0 bridgehead atoms. The average Bonchev–Trinajstić information content (AvgIpc) is 3.40. The smallest absolute Gasteiger partial charge is 0.225 e. The summed E-state index contributed by atoms with van der Waals surface area (Å²) in [4.78, 5) is 21.4. The summed E-state index contributed by atoms with van der Waals surface area (Å²) in [6.45, 7) is 7.67. The fraction of sp³-hybridized carbons (Fsp3) is 0.474. The second kappa shape index (κ2) is 5.52. The van der Waals surface area contributed by atoms with E-state index < -0.39 is 0 Å². The lowest BCUT2D eigenvalue weighted by molar-refractivity contribution is -0.132. The van der Waals surface area contributed by atoms with Gasteiger partial charge in [-0.2, -0.15) is 0 Å². The van der Waals surface area contributed by atoms with Crippen molar-refractivity contribution < 1.29 is 4.79 Å². The van der Waals surface area contributed by atoms with Crippen molar-refractivity contribution in [3.63, 3.8) is 0 Å². The van der Waals surface area contributed by atoms with Gasteiger partial charge in [0.05, 0.1) is 5.52 Å². The number of carbonyl (C=O) groups is 1. The lowest BCUT2D eigenvalue weighted by atomic mass is 10.1. The minimum absolute atomic E-state index is 0.324. The van der Waals surface area contributed by atoms with Crippen molar-refractivity contribution >= 4 is 22.6 Å². The number of aromatic nitrogens is 1. The highest BCUT2D eigenvalue weighted by atomic mass is 16.2. The van der Waals surface area contributed by atoms with Gasteiger partial charge in [0.25, 0.3) is 0 Å². The van der Waals surface area contributed by atoms with Crippen molar-refractivity contribution in [2.24, 2.45) is 5.92 Å². The number of hydrogen-bond donors (Lipinski definition) is 0. The zero-order valence-corrected chi connectivity index (χ0v) is 13.9. The van der Waals surface area contributed by atoms with Crippen LogP contribution in [-0.2, 0) is 4.79 Å². The maximum atomic E-state index is 12.2. The fourth-order valence-corrected chi connectivity index (χ4v) is 3.45. The van der Waals surface area contributed by atoms with Crippen LogP contribution in [0.25, 0.3) is 10.9 Å². The van der Waals surface area contributed by atoms with Crippen LogP contribution >= 0.6 is 0 Å². The molecule has 1 aliphatic carbocycles. The van der Waals surface area contributed by atoms with E-state index in [1.165, 1.54) is 16.5 Å². The predicted octanol–water partition coefficient (Wildman–Crippen LogP) is 2.91. The van der Waals surface area contributed by atoms with Gasteiger partial charge in [-0.15, -0.1) is 0 Å². The second-order valence-electron chi connectivity index (χ2n) is 6.86.